The number of thiophene rings is 1. The molecule has 122 valence electrons. The molecule has 1 N–H and O–H groups in total. The van der Waals surface area contributed by atoms with E-state index in [1.807, 2.05) is 19.1 Å². The summed E-state index contributed by atoms with van der Waals surface area (Å²) in [5, 5.41) is 5.54. The number of nitrogens with one attached hydrogen (secondary N) is 1. The van der Waals surface area contributed by atoms with Gasteiger partial charge in [0, 0.05) is 10.7 Å². The minimum Gasteiger partial charge on any atom is -0.469 e. The predicted molar refractivity (Wildman–Crippen MR) is 90.9 cm³/mol. The lowest BCUT2D eigenvalue weighted by Gasteiger charge is -2.13. The van der Waals surface area contributed by atoms with Gasteiger partial charge in [-0.3, -0.25) is 4.79 Å². The topological polar surface area (TPSA) is 64.6 Å². The van der Waals surface area contributed by atoms with Crippen molar-refractivity contribution in [3.05, 3.63) is 44.6 Å². The molecule has 0 saturated heterocycles. The van der Waals surface area contributed by atoms with Crippen LogP contribution in [0.4, 0.5) is 11.4 Å². The third-order valence-electron chi connectivity index (χ3n) is 3.33. The smallest absolute Gasteiger partial charge is 0.350 e. The first-order valence-electron chi connectivity index (χ1n) is 6.75. The summed E-state index contributed by atoms with van der Waals surface area (Å²) in [6.45, 7) is 1.87. The molecule has 23 heavy (non-hydrogen) atoms. The van der Waals surface area contributed by atoms with Gasteiger partial charge in [0.2, 0.25) is 0 Å². The minimum absolute atomic E-state index is 0.0614. The van der Waals surface area contributed by atoms with Gasteiger partial charge in [0.25, 0.3) is 0 Å². The highest BCUT2D eigenvalue weighted by Crippen LogP contribution is 2.34. The Hall–Kier alpha value is -2.05. The summed E-state index contributed by atoms with van der Waals surface area (Å²) in [6, 6.07) is 5.44. The number of carbonyl (C=O) groups is 2. The third kappa shape index (κ3) is 3.83. The Morgan fingerprint density at radius 1 is 1.26 bits per heavy atom. The zero-order valence-corrected chi connectivity index (χ0v) is 14.5. The lowest BCUT2D eigenvalue weighted by molar-refractivity contribution is -0.139. The Bertz CT molecular complexity index is 742. The molecule has 0 aliphatic heterocycles. The van der Waals surface area contributed by atoms with Gasteiger partial charge in [-0.1, -0.05) is 17.7 Å². The molecule has 0 radical (unpaired) electrons. The maximum atomic E-state index is 12.0. The van der Waals surface area contributed by atoms with Crippen LogP contribution in [0.2, 0.25) is 5.02 Å². The van der Waals surface area contributed by atoms with E-state index in [0.717, 1.165) is 11.3 Å². The summed E-state index contributed by atoms with van der Waals surface area (Å²) >= 11 is 7.34. The summed E-state index contributed by atoms with van der Waals surface area (Å²) in [5.41, 5.74) is 2.81. The van der Waals surface area contributed by atoms with Crippen molar-refractivity contribution in [3.63, 3.8) is 0 Å². The summed E-state index contributed by atoms with van der Waals surface area (Å²) < 4.78 is 9.50. The first kappa shape index (κ1) is 17.3. The first-order chi connectivity index (χ1) is 11.0. The molecule has 0 fully saturated rings. The number of hydrogen-bond acceptors (Lipinski definition) is 6. The van der Waals surface area contributed by atoms with Gasteiger partial charge in [0.05, 0.1) is 26.3 Å². The van der Waals surface area contributed by atoms with E-state index in [9.17, 15) is 9.59 Å². The summed E-state index contributed by atoms with van der Waals surface area (Å²) in [7, 11) is 2.64. The number of hydrogen-bond donors (Lipinski definition) is 1. The lowest BCUT2D eigenvalue weighted by atomic mass is 10.1. The van der Waals surface area contributed by atoms with E-state index >= 15 is 0 Å². The lowest BCUT2D eigenvalue weighted by Crippen LogP contribution is -2.08. The van der Waals surface area contributed by atoms with Crippen LogP contribution in [0.15, 0.2) is 23.6 Å². The minimum atomic E-state index is -0.465. The van der Waals surface area contributed by atoms with E-state index in [-0.39, 0.29) is 12.4 Å². The first-order valence-corrected chi connectivity index (χ1v) is 8.01. The average Bonchev–Trinajstić information content (AvgIpc) is 2.93. The van der Waals surface area contributed by atoms with Crippen molar-refractivity contribution >= 4 is 46.3 Å². The van der Waals surface area contributed by atoms with Crippen LogP contribution in [0.1, 0.15) is 20.8 Å². The average molecular weight is 354 g/mol. The van der Waals surface area contributed by atoms with Crippen LogP contribution < -0.4 is 5.32 Å². The number of carbonyl (C=O) groups excluding carboxylic acids is 2. The maximum Gasteiger partial charge on any atom is 0.350 e. The van der Waals surface area contributed by atoms with E-state index in [0.29, 0.717) is 21.2 Å². The van der Waals surface area contributed by atoms with Crippen molar-refractivity contribution in [2.45, 2.75) is 13.3 Å². The second kappa shape index (κ2) is 7.48. The zero-order valence-electron chi connectivity index (χ0n) is 12.9. The maximum absolute atomic E-state index is 12.0. The molecule has 2 rings (SSSR count). The summed E-state index contributed by atoms with van der Waals surface area (Å²) in [5.74, 6) is -0.849. The molecule has 1 aromatic carbocycles. The molecule has 5 nitrogen and oxygen atoms in total. The van der Waals surface area contributed by atoms with Gasteiger partial charge < -0.3 is 14.8 Å². The molecule has 7 heteroatoms. The highest BCUT2D eigenvalue weighted by Gasteiger charge is 2.21. The second-order valence-electron chi connectivity index (χ2n) is 4.75. The van der Waals surface area contributed by atoms with Crippen LogP contribution in [0.5, 0.6) is 0 Å². The van der Waals surface area contributed by atoms with Crippen molar-refractivity contribution in [3.8, 4) is 0 Å². The molecule has 0 spiro atoms. The fraction of sp³-hybridized carbons (Fsp3) is 0.250. The molecule has 0 amide bonds. The van der Waals surface area contributed by atoms with Crippen LogP contribution in [-0.4, -0.2) is 26.2 Å². The van der Waals surface area contributed by atoms with Gasteiger partial charge in [0.1, 0.15) is 4.88 Å². The van der Waals surface area contributed by atoms with Crippen molar-refractivity contribution in [2.75, 3.05) is 19.5 Å². The van der Waals surface area contributed by atoms with Crippen molar-refractivity contribution in [1.29, 1.82) is 0 Å². The monoisotopic (exact) mass is 353 g/mol. The van der Waals surface area contributed by atoms with Gasteiger partial charge >= 0.3 is 11.9 Å². The predicted octanol–water partition coefficient (Wildman–Crippen LogP) is 3.96. The quantitative estimate of drug-likeness (QED) is 0.824. The second-order valence-corrected chi connectivity index (χ2v) is 6.03. The van der Waals surface area contributed by atoms with Crippen molar-refractivity contribution < 1.29 is 19.1 Å². The highest BCUT2D eigenvalue weighted by molar-refractivity contribution is 7.12. The van der Waals surface area contributed by atoms with Crippen LogP contribution in [0, 0.1) is 6.92 Å². The molecule has 1 heterocycles. The Balaban J connectivity index is 2.44. The molecular weight excluding hydrogens is 338 g/mol. The van der Waals surface area contributed by atoms with E-state index < -0.39 is 5.97 Å². The number of benzene rings is 1. The van der Waals surface area contributed by atoms with Gasteiger partial charge in [-0.05, 0) is 35.6 Å². The van der Waals surface area contributed by atoms with Gasteiger partial charge in [0.15, 0.2) is 0 Å². The molecule has 0 bridgehead atoms. The van der Waals surface area contributed by atoms with E-state index in [4.69, 9.17) is 21.1 Å². The molecule has 0 aliphatic rings. The summed E-state index contributed by atoms with van der Waals surface area (Å²) in [4.78, 5) is 23.9. The van der Waals surface area contributed by atoms with Crippen LogP contribution in [0.25, 0.3) is 0 Å². The largest absolute Gasteiger partial charge is 0.469 e. The molecule has 0 saturated carbocycles. The van der Waals surface area contributed by atoms with Crippen molar-refractivity contribution in [2.24, 2.45) is 0 Å². The Kier molecular flexibility index (Phi) is 5.63. The molecule has 1 aromatic heterocycles. The molecule has 2 aromatic rings. The van der Waals surface area contributed by atoms with Crippen molar-refractivity contribution in [1.82, 2.24) is 0 Å². The summed E-state index contributed by atoms with van der Waals surface area (Å²) in [6.07, 6.45) is 0.0614. The fourth-order valence-corrected chi connectivity index (χ4v) is 3.12. The third-order valence-corrected chi connectivity index (χ3v) is 4.75. The molecule has 0 aliphatic carbocycles. The molecule has 0 unspecified atom stereocenters. The SMILES string of the molecule is COC(=O)Cc1csc(C(=O)OC)c1Nc1cccc(Cl)c1C. The number of methoxy groups -OCH3 is 2. The van der Waals surface area contributed by atoms with Gasteiger partial charge in [-0.2, -0.15) is 0 Å². The fourth-order valence-electron chi connectivity index (χ4n) is 2.01. The highest BCUT2D eigenvalue weighted by atomic mass is 35.5. The van der Waals surface area contributed by atoms with E-state index in [1.54, 1.807) is 11.4 Å². The van der Waals surface area contributed by atoms with E-state index in [2.05, 4.69) is 5.32 Å². The number of rotatable bonds is 5. The zero-order chi connectivity index (χ0) is 17.0. The number of halogens is 1. The standard InChI is InChI=1S/C16H16ClNO4S/c1-9-11(17)5-4-6-12(9)18-14-10(7-13(19)21-2)8-23-15(14)16(20)22-3/h4-6,8,18H,7H2,1-3H3. The van der Waals surface area contributed by atoms with Crippen LogP contribution in [0.3, 0.4) is 0 Å². The Morgan fingerprint density at radius 2 is 2.00 bits per heavy atom. The Morgan fingerprint density at radius 3 is 2.65 bits per heavy atom. The number of esters is 2. The Labute approximate surface area is 143 Å². The van der Waals surface area contributed by atoms with E-state index in [1.165, 1.54) is 25.6 Å². The van der Waals surface area contributed by atoms with Gasteiger partial charge in [-0.25, -0.2) is 4.79 Å². The normalized spacial score (nSPS) is 10.3. The van der Waals surface area contributed by atoms with Crippen LogP contribution >= 0.6 is 22.9 Å². The molecule has 0 atom stereocenters. The van der Waals surface area contributed by atoms with Gasteiger partial charge in [-0.15, -0.1) is 11.3 Å². The number of anilines is 2. The number of ether oxygens (including phenoxy) is 2. The molecular formula is C16H16ClNO4S. The van der Waals surface area contributed by atoms with Crippen LogP contribution in [-0.2, 0) is 20.7 Å².